The maximum Gasteiger partial charge on any atom is 0.321 e. The summed E-state index contributed by atoms with van der Waals surface area (Å²) in [4.78, 5) is 41.9. The number of thioether (sulfide) groups is 1. The summed E-state index contributed by atoms with van der Waals surface area (Å²) in [5.74, 6) is -0.0793. The average Bonchev–Trinajstić information content (AvgIpc) is 2.75. The molecule has 0 saturated heterocycles. The van der Waals surface area contributed by atoms with E-state index in [0.717, 1.165) is 23.7 Å². The van der Waals surface area contributed by atoms with E-state index in [1.54, 1.807) is 30.3 Å². The van der Waals surface area contributed by atoms with Crippen molar-refractivity contribution >= 4 is 46.2 Å². The van der Waals surface area contributed by atoms with Gasteiger partial charge in [0.1, 0.15) is 0 Å². The Morgan fingerprint density at radius 2 is 1.84 bits per heavy atom. The number of nitrogens with one attached hydrogen (secondary N) is 2. The number of amides is 3. The zero-order chi connectivity index (χ0) is 23.1. The number of carbonyl (C=O) groups is 2. The van der Waals surface area contributed by atoms with Crippen LogP contribution >= 0.6 is 23.4 Å². The van der Waals surface area contributed by atoms with Crippen molar-refractivity contribution in [3.63, 3.8) is 0 Å². The van der Waals surface area contributed by atoms with E-state index < -0.39 is 11.9 Å². The summed E-state index contributed by atoms with van der Waals surface area (Å²) < 4.78 is 1.50. The molecule has 0 radical (unpaired) electrons. The molecule has 7 nitrogen and oxygen atoms in total. The molecule has 0 saturated carbocycles. The van der Waals surface area contributed by atoms with Crippen molar-refractivity contribution in [3.8, 4) is 0 Å². The van der Waals surface area contributed by atoms with Crippen LogP contribution in [0, 0.1) is 5.92 Å². The van der Waals surface area contributed by atoms with E-state index in [2.05, 4.69) is 29.5 Å². The maximum atomic E-state index is 13.2. The summed E-state index contributed by atoms with van der Waals surface area (Å²) in [6.45, 7) is 4.82. The second-order valence-corrected chi connectivity index (χ2v) is 9.02. The SMILES string of the molecule is CC(C)CCNC(=O)NC(=O)CSc1nc2ccccc2c(=O)n1Cc1ccccc1Cl. The number of fused-ring (bicyclic) bond motifs is 1. The molecule has 32 heavy (non-hydrogen) atoms. The molecule has 0 aliphatic carbocycles. The Labute approximate surface area is 195 Å². The number of benzene rings is 2. The minimum atomic E-state index is -0.531. The Balaban J connectivity index is 1.78. The standard InChI is InChI=1S/C23H25ClN4O3S/c1-15(2)11-12-25-22(31)27-20(29)14-32-23-26-19-10-6-4-8-17(19)21(30)28(23)13-16-7-3-5-9-18(16)24/h3-10,15H,11-14H2,1-2H3,(H2,25,27,29,31). The molecule has 3 rings (SSSR count). The molecule has 2 aromatic carbocycles. The summed E-state index contributed by atoms with van der Waals surface area (Å²) in [6, 6.07) is 13.8. The Bertz CT molecular complexity index is 1180. The molecular formula is C23H25ClN4O3S. The molecule has 0 unspecified atom stereocenters. The number of imide groups is 1. The highest BCUT2D eigenvalue weighted by atomic mass is 35.5. The largest absolute Gasteiger partial charge is 0.338 e. The van der Waals surface area contributed by atoms with E-state index >= 15 is 0 Å². The quantitative estimate of drug-likeness (QED) is 0.381. The van der Waals surface area contributed by atoms with Crippen LogP contribution in [0.5, 0.6) is 0 Å². The topological polar surface area (TPSA) is 93.1 Å². The van der Waals surface area contributed by atoms with Crippen molar-refractivity contribution < 1.29 is 9.59 Å². The third kappa shape index (κ3) is 6.34. The number of halogens is 1. The first-order chi connectivity index (χ1) is 15.3. The van der Waals surface area contributed by atoms with Crippen molar-refractivity contribution in [1.82, 2.24) is 20.2 Å². The van der Waals surface area contributed by atoms with Crippen LogP contribution < -0.4 is 16.2 Å². The van der Waals surface area contributed by atoms with Crippen LogP contribution in [-0.2, 0) is 11.3 Å². The first-order valence-corrected chi connectivity index (χ1v) is 11.6. The van der Waals surface area contributed by atoms with Gasteiger partial charge in [0.25, 0.3) is 5.56 Å². The summed E-state index contributed by atoms with van der Waals surface area (Å²) in [5, 5.41) is 6.37. The van der Waals surface area contributed by atoms with Gasteiger partial charge in [-0.3, -0.25) is 19.5 Å². The van der Waals surface area contributed by atoms with Crippen LogP contribution in [0.25, 0.3) is 10.9 Å². The molecule has 3 amide bonds. The number of hydrogen-bond acceptors (Lipinski definition) is 5. The van der Waals surface area contributed by atoms with Crippen molar-refractivity contribution in [2.75, 3.05) is 12.3 Å². The highest BCUT2D eigenvalue weighted by Gasteiger charge is 2.15. The van der Waals surface area contributed by atoms with Gasteiger partial charge >= 0.3 is 6.03 Å². The molecule has 0 atom stereocenters. The van der Waals surface area contributed by atoms with Gasteiger partial charge in [-0.25, -0.2) is 9.78 Å². The Morgan fingerprint density at radius 3 is 2.59 bits per heavy atom. The Hall–Kier alpha value is -2.84. The smallest absolute Gasteiger partial charge is 0.321 e. The summed E-state index contributed by atoms with van der Waals surface area (Å²) >= 11 is 7.39. The van der Waals surface area contributed by atoms with Gasteiger partial charge in [0.15, 0.2) is 5.16 Å². The van der Waals surface area contributed by atoms with Crippen LogP contribution in [0.1, 0.15) is 25.8 Å². The fourth-order valence-corrected chi connectivity index (χ4v) is 4.00. The van der Waals surface area contributed by atoms with Crippen molar-refractivity contribution in [1.29, 1.82) is 0 Å². The van der Waals surface area contributed by atoms with Crippen LogP contribution in [-0.4, -0.2) is 33.8 Å². The minimum absolute atomic E-state index is 0.0646. The molecule has 168 valence electrons. The van der Waals surface area contributed by atoms with Crippen LogP contribution in [0.2, 0.25) is 5.02 Å². The van der Waals surface area contributed by atoms with Gasteiger partial charge in [0.05, 0.1) is 23.2 Å². The van der Waals surface area contributed by atoms with E-state index in [1.165, 1.54) is 4.57 Å². The average molecular weight is 473 g/mol. The number of nitrogens with zero attached hydrogens (tertiary/aromatic N) is 2. The lowest BCUT2D eigenvalue weighted by Crippen LogP contribution is -2.41. The lowest BCUT2D eigenvalue weighted by molar-refractivity contribution is -0.117. The number of para-hydroxylation sites is 1. The van der Waals surface area contributed by atoms with E-state index in [0.29, 0.717) is 33.5 Å². The van der Waals surface area contributed by atoms with Gasteiger partial charge in [-0.05, 0) is 36.1 Å². The molecule has 2 N–H and O–H groups in total. The number of rotatable bonds is 8. The summed E-state index contributed by atoms with van der Waals surface area (Å²) in [5.41, 5.74) is 1.09. The third-order valence-electron chi connectivity index (χ3n) is 4.71. The fraction of sp³-hybridized carbons (Fsp3) is 0.304. The molecule has 0 spiro atoms. The molecule has 3 aromatic rings. The molecule has 0 fully saturated rings. The summed E-state index contributed by atoms with van der Waals surface area (Å²) in [7, 11) is 0. The van der Waals surface area contributed by atoms with E-state index in [1.807, 2.05) is 18.2 Å². The molecular weight excluding hydrogens is 448 g/mol. The highest BCUT2D eigenvalue weighted by Crippen LogP contribution is 2.21. The lowest BCUT2D eigenvalue weighted by Gasteiger charge is -2.14. The number of urea groups is 1. The molecule has 0 aliphatic heterocycles. The van der Waals surface area contributed by atoms with Gasteiger partial charge in [-0.1, -0.05) is 67.5 Å². The zero-order valence-corrected chi connectivity index (χ0v) is 19.5. The first-order valence-electron chi connectivity index (χ1n) is 10.3. The van der Waals surface area contributed by atoms with Crippen LogP contribution in [0.4, 0.5) is 4.79 Å². The molecule has 0 bridgehead atoms. The molecule has 1 aromatic heterocycles. The van der Waals surface area contributed by atoms with Crippen LogP contribution in [0.3, 0.4) is 0 Å². The molecule has 1 heterocycles. The van der Waals surface area contributed by atoms with E-state index in [4.69, 9.17) is 11.6 Å². The third-order valence-corrected chi connectivity index (χ3v) is 6.05. The lowest BCUT2D eigenvalue weighted by atomic mass is 10.1. The predicted octanol–water partition coefficient (Wildman–Crippen LogP) is 4.06. The zero-order valence-electron chi connectivity index (χ0n) is 17.9. The van der Waals surface area contributed by atoms with Crippen molar-refractivity contribution in [2.45, 2.75) is 32.0 Å². The maximum absolute atomic E-state index is 13.2. The van der Waals surface area contributed by atoms with Gasteiger partial charge < -0.3 is 5.32 Å². The number of carbonyl (C=O) groups excluding carboxylic acids is 2. The van der Waals surface area contributed by atoms with Gasteiger partial charge in [-0.15, -0.1) is 0 Å². The monoisotopic (exact) mass is 472 g/mol. The minimum Gasteiger partial charge on any atom is -0.338 e. The van der Waals surface area contributed by atoms with Gasteiger partial charge in [-0.2, -0.15) is 0 Å². The normalized spacial score (nSPS) is 11.0. The van der Waals surface area contributed by atoms with Crippen LogP contribution in [0.15, 0.2) is 58.5 Å². The Kier molecular flexibility index (Phi) is 8.30. The van der Waals surface area contributed by atoms with Gasteiger partial charge in [0.2, 0.25) is 5.91 Å². The van der Waals surface area contributed by atoms with E-state index in [9.17, 15) is 14.4 Å². The Morgan fingerprint density at radius 1 is 1.12 bits per heavy atom. The summed E-state index contributed by atoms with van der Waals surface area (Å²) in [6.07, 6.45) is 0.825. The molecule has 9 heteroatoms. The first kappa shape index (κ1) is 23.8. The van der Waals surface area contributed by atoms with Crippen molar-refractivity contribution in [2.24, 2.45) is 5.92 Å². The molecule has 0 aliphatic rings. The number of hydrogen-bond donors (Lipinski definition) is 2. The number of aromatic nitrogens is 2. The second-order valence-electron chi connectivity index (χ2n) is 7.67. The van der Waals surface area contributed by atoms with Crippen molar-refractivity contribution in [3.05, 3.63) is 69.5 Å². The van der Waals surface area contributed by atoms with E-state index in [-0.39, 0.29) is 17.9 Å². The highest BCUT2D eigenvalue weighted by molar-refractivity contribution is 7.99. The van der Waals surface area contributed by atoms with Gasteiger partial charge in [0, 0.05) is 11.6 Å². The second kappa shape index (κ2) is 11.2. The predicted molar refractivity (Wildman–Crippen MR) is 128 cm³/mol. The fourth-order valence-electron chi connectivity index (χ4n) is 3.01.